The van der Waals surface area contributed by atoms with Crippen molar-refractivity contribution in [3.05, 3.63) is 35.9 Å². The van der Waals surface area contributed by atoms with Crippen LogP contribution in [0.1, 0.15) is 38.2 Å². The van der Waals surface area contributed by atoms with Gasteiger partial charge in [-0.3, -0.25) is 4.99 Å². The number of rotatable bonds is 9. The van der Waals surface area contributed by atoms with E-state index in [0.29, 0.717) is 0 Å². The molecular weight excluding hydrogens is 413 g/mol. The van der Waals surface area contributed by atoms with Crippen molar-refractivity contribution < 1.29 is 4.74 Å². The van der Waals surface area contributed by atoms with Crippen LogP contribution in [0.4, 0.5) is 0 Å². The van der Waals surface area contributed by atoms with Crippen LogP contribution >= 0.6 is 24.0 Å². The van der Waals surface area contributed by atoms with Crippen LogP contribution in [0, 0.1) is 5.92 Å². The zero-order valence-electron chi connectivity index (χ0n) is 14.6. The van der Waals surface area contributed by atoms with Crippen LogP contribution < -0.4 is 10.6 Å². The second-order valence-electron chi connectivity index (χ2n) is 6.79. The largest absolute Gasteiger partial charge is 0.379 e. The van der Waals surface area contributed by atoms with Gasteiger partial charge in [0.25, 0.3) is 0 Å². The number of benzene rings is 1. The lowest BCUT2D eigenvalue weighted by Gasteiger charge is -2.16. The molecule has 5 heteroatoms. The average Bonchev–Trinajstić information content (AvgIpc) is 3.48. The maximum atomic E-state index is 5.67. The predicted molar refractivity (Wildman–Crippen MR) is 110 cm³/mol. The van der Waals surface area contributed by atoms with Crippen molar-refractivity contribution in [1.82, 2.24) is 10.6 Å². The van der Waals surface area contributed by atoms with Crippen LogP contribution in [0.25, 0.3) is 0 Å². The number of halogens is 1. The number of nitrogens with zero attached hydrogens (tertiary/aromatic N) is 1. The molecule has 1 aromatic rings. The second-order valence-corrected chi connectivity index (χ2v) is 6.79. The second kappa shape index (κ2) is 9.61. The molecule has 2 fully saturated rings. The topological polar surface area (TPSA) is 45.7 Å². The summed E-state index contributed by atoms with van der Waals surface area (Å²) in [5.74, 6) is 1.74. The lowest BCUT2D eigenvalue weighted by molar-refractivity contribution is 0.129. The van der Waals surface area contributed by atoms with Crippen molar-refractivity contribution in [3.8, 4) is 0 Å². The molecule has 2 aliphatic rings. The molecule has 0 saturated heterocycles. The summed E-state index contributed by atoms with van der Waals surface area (Å²) in [6.07, 6.45) is 5.17. The van der Waals surface area contributed by atoms with Gasteiger partial charge in [-0.15, -0.1) is 24.0 Å². The van der Waals surface area contributed by atoms with Gasteiger partial charge in [0.1, 0.15) is 0 Å². The monoisotopic (exact) mass is 443 g/mol. The van der Waals surface area contributed by atoms with E-state index < -0.39 is 0 Å². The minimum Gasteiger partial charge on any atom is -0.379 e. The Hall–Kier alpha value is -0.820. The quantitative estimate of drug-likeness (QED) is 0.267. The van der Waals surface area contributed by atoms with E-state index in [-0.39, 0.29) is 29.4 Å². The molecule has 2 saturated carbocycles. The Labute approximate surface area is 162 Å². The maximum Gasteiger partial charge on any atom is 0.191 e. The maximum absolute atomic E-state index is 5.67. The van der Waals surface area contributed by atoms with Gasteiger partial charge in [0, 0.05) is 25.1 Å². The SMILES string of the molecule is CCNC(=NCC1(c2ccccc2)CC1)NCCOCC1CC1.I. The van der Waals surface area contributed by atoms with Gasteiger partial charge < -0.3 is 15.4 Å². The van der Waals surface area contributed by atoms with Crippen LogP contribution in [-0.2, 0) is 10.2 Å². The fraction of sp³-hybridized carbons (Fsp3) is 0.632. The van der Waals surface area contributed by atoms with E-state index in [2.05, 4.69) is 47.9 Å². The summed E-state index contributed by atoms with van der Waals surface area (Å²) < 4.78 is 5.67. The molecule has 4 nitrogen and oxygen atoms in total. The highest BCUT2D eigenvalue weighted by Crippen LogP contribution is 2.48. The van der Waals surface area contributed by atoms with E-state index in [4.69, 9.17) is 9.73 Å². The summed E-state index contributed by atoms with van der Waals surface area (Å²) in [5.41, 5.74) is 1.69. The zero-order chi connectivity index (χ0) is 16.0. The molecule has 2 aliphatic carbocycles. The summed E-state index contributed by atoms with van der Waals surface area (Å²) in [6, 6.07) is 10.8. The summed E-state index contributed by atoms with van der Waals surface area (Å²) in [4.78, 5) is 4.81. The molecular formula is C19H30IN3O. The molecule has 0 radical (unpaired) electrons. The van der Waals surface area contributed by atoms with E-state index in [9.17, 15) is 0 Å². The number of ether oxygens (including phenoxy) is 1. The van der Waals surface area contributed by atoms with Crippen LogP contribution in [0.15, 0.2) is 35.3 Å². The number of hydrogen-bond acceptors (Lipinski definition) is 2. The summed E-state index contributed by atoms with van der Waals surface area (Å²) in [7, 11) is 0. The lowest BCUT2D eigenvalue weighted by Crippen LogP contribution is -2.39. The van der Waals surface area contributed by atoms with Crippen LogP contribution in [0.5, 0.6) is 0 Å². The fourth-order valence-electron chi connectivity index (χ4n) is 2.83. The minimum absolute atomic E-state index is 0. The Morgan fingerprint density at radius 3 is 2.58 bits per heavy atom. The standard InChI is InChI=1S/C19H29N3O.HI/c1-2-20-18(21-12-13-23-14-16-8-9-16)22-15-19(10-11-19)17-6-4-3-5-7-17;/h3-7,16H,2,8-15H2,1H3,(H2,20,21,22);1H. The Morgan fingerprint density at radius 2 is 1.96 bits per heavy atom. The van der Waals surface area contributed by atoms with Crippen LogP contribution in [-0.4, -0.2) is 38.8 Å². The molecule has 134 valence electrons. The molecule has 0 atom stereocenters. The highest BCUT2D eigenvalue weighted by molar-refractivity contribution is 14.0. The molecule has 0 aliphatic heterocycles. The molecule has 3 rings (SSSR count). The highest BCUT2D eigenvalue weighted by Gasteiger charge is 2.43. The average molecular weight is 443 g/mol. The Balaban J connectivity index is 0.00000208. The van der Waals surface area contributed by atoms with E-state index in [1.54, 1.807) is 0 Å². The number of hydrogen-bond donors (Lipinski definition) is 2. The smallest absolute Gasteiger partial charge is 0.191 e. The highest BCUT2D eigenvalue weighted by atomic mass is 127. The third-order valence-electron chi connectivity index (χ3n) is 4.71. The molecule has 24 heavy (non-hydrogen) atoms. The van der Waals surface area contributed by atoms with Gasteiger partial charge in [0.2, 0.25) is 0 Å². The number of guanidine groups is 1. The molecule has 1 aromatic carbocycles. The van der Waals surface area contributed by atoms with Crippen molar-refractivity contribution in [1.29, 1.82) is 0 Å². The molecule has 0 amide bonds. The van der Waals surface area contributed by atoms with Gasteiger partial charge in [0.15, 0.2) is 5.96 Å². The number of nitrogens with one attached hydrogen (secondary N) is 2. The molecule has 0 heterocycles. The molecule has 0 aromatic heterocycles. The first-order valence-electron chi connectivity index (χ1n) is 8.98. The summed E-state index contributed by atoms with van der Waals surface area (Å²) in [6.45, 7) is 6.33. The third kappa shape index (κ3) is 5.92. The minimum atomic E-state index is 0. The Bertz CT molecular complexity index is 513. The van der Waals surface area contributed by atoms with Gasteiger partial charge in [-0.05, 0) is 44.1 Å². The molecule has 2 N–H and O–H groups in total. The predicted octanol–water partition coefficient (Wildman–Crippen LogP) is 3.32. The van der Waals surface area contributed by atoms with Crippen molar-refractivity contribution in [2.75, 3.05) is 32.8 Å². The van der Waals surface area contributed by atoms with Crippen molar-refractivity contribution in [2.24, 2.45) is 10.9 Å². The normalized spacial score (nSPS) is 18.6. The third-order valence-corrected chi connectivity index (χ3v) is 4.71. The summed E-state index contributed by atoms with van der Waals surface area (Å²) in [5, 5.41) is 6.71. The van der Waals surface area contributed by atoms with Crippen molar-refractivity contribution in [3.63, 3.8) is 0 Å². The van der Waals surface area contributed by atoms with E-state index in [1.165, 1.54) is 31.2 Å². The molecule has 0 bridgehead atoms. The first-order valence-corrected chi connectivity index (χ1v) is 8.98. The number of aliphatic imine (C=N–C) groups is 1. The van der Waals surface area contributed by atoms with E-state index in [0.717, 1.165) is 44.7 Å². The van der Waals surface area contributed by atoms with Crippen molar-refractivity contribution in [2.45, 2.75) is 38.0 Å². The van der Waals surface area contributed by atoms with Crippen LogP contribution in [0.2, 0.25) is 0 Å². The summed E-state index contributed by atoms with van der Waals surface area (Å²) >= 11 is 0. The molecule has 0 spiro atoms. The van der Waals surface area contributed by atoms with Gasteiger partial charge in [0.05, 0.1) is 13.2 Å². The van der Waals surface area contributed by atoms with Gasteiger partial charge in [-0.25, -0.2) is 0 Å². The molecule has 0 unspecified atom stereocenters. The zero-order valence-corrected chi connectivity index (χ0v) is 16.9. The van der Waals surface area contributed by atoms with Gasteiger partial charge in [-0.1, -0.05) is 30.3 Å². The van der Waals surface area contributed by atoms with Gasteiger partial charge >= 0.3 is 0 Å². The first-order chi connectivity index (χ1) is 11.3. The van der Waals surface area contributed by atoms with E-state index in [1.807, 2.05) is 0 Å². The van der Waals surface area contributed by atoms with E-state index >= 15 is 0 Å². The van der Waals surface area contributed by atoms with Crippen LogP contribution in [0.3, 0.4) is 0 Å². The van der Waals surface area contributed by atoms with Crippen molar-refractivity contribution >= 4 is 29.9 Å². The Kier molecular flexibility index (Phi) is 7.81. The van der Waals surface area contributed by atoms with Gasteiger partial charge in [-0.2, -0.15) is 0 Å². The Morgan fingerprint density at radius 1 is 1.21 bits per heavy atom. The fourth-order valence-corrected chi connectivity index (χ4v) is 2.83. The first kappa shape index (κ1) is 19.5. The lowest BCUT2D eigenvalue weighted by atomic mass is 9.96.